The minimum Gasteiger partial charge on any atom is -0.366 e. The summed E-state index contributed by atoms with van der Waals surface area (Å²) < 4.78 is 0. The molecular formula is C9H8ClN3. The Balaban J connectivity index is 2.32. The van der Waals surface area contributed by atoms with Crippen LogP contribution >= 0.6 is 11.6 Å². The molecule has 0 aliphatic heterocycles. The van der Waals surface area contributed by atoms with Gasteiger partial charge >= 0.3 is 0 Å². The SMILES string of the molecule is N#Cc1c(Cl)ccnc1NC1CC1. The van der Waals surface area contributed by atoms with Gasteiger partial charge in [-0.3, -0.25) is 0 Å². The standard InChI is InChI=1S/C9H8ClN3/c10-8-3-4-12-9(7(8)5-11)13-6-1-2-6/h3-4,6H,1-2H2,(H,12,13). The molecule has 0 bridgehead atoms. The number of hydrogen-bond acceptors (Lipinski definition) is 3. The maximum Gasteiger partial charge on any atom is 0.145 e. The van der Waals surface area contributed by atoms with Gasteiger partial charge in [-0.15, -0.1) is 0 Å². The van der Waals surface area contributed by atoms with E-state index in [0.717, 1.165) is 12.8 Å². The summed E-state index contributed by atoms with van der Waals surface area (Å²) in [6.45, 7) is 0. The molecule has 1 saturated carbocycles. The van der Waals surface area contributed by atoms with Crippen molar-refractivity contribution < 1.29 is 0 Å². The molecule has 1 aromatic heterocycles. The lowest BCUT2D eigenvalue weighted by molar-refractivity contribution is 1.11. The van der Waals surface area contributed by atoms with Gasteiger partial charge in [0, 0.05) is 12.2 Å². The van der Waals surface area contributed by atoms with E-state index in [0.29, 0.717) is 22.4 Å². The molecule has 0 amide bonds. The second-order valence-electron chi connectivity index (χ2n) is 3.05. The van der Waals surface area contributed by atoms with Crippen molar-refractivity contribution in [1.29, 1.82) is 5.26 Å². The zero-order valence-corrected chi connectivity index (χ0v) is 7.67. The monoisotopic (exact) mass is 193 g/mol. The molecule has 1 aromatic rings. The van der Waals surface area contributed by atoms with Crippen molar-refractivity contribution in [3.63, 3.8) is 0 Å². The smallest absolute Gasteiger partial charge is 0.145 e. The third kappa shape index (κ3) is 1.73. The number of aromatic nitrogens is 1. The van der Waals surface area contributed by atoms with Gasteiger partial charge in [0.15, 0.2) is 0 Å². The number of hydrogen-bond donors (Lipinski definition) is 1. The van der Waals surface area contributed by atoms with E-state index >= 15 is 0 Å². The van der Waals surface area contributed by atoms with Crippen molar-refractivity contribution in [1.82, 2.24) is 4.98 Å². The second kappa shape index (κ2) is 3.23. The van der Waals surface area contributed by atoms with Gasteiger partial charge in [0.25, 0.3) is 0 Å². The molecule has 0 aromatic carbocycles. The molecule has 1 fully saturated rings. The third-order valence-corrected chi connectivity index (χ3v) is 2.25. The molecule has 0 saturated heterocycles. The summed E-state index contributed by atoms with van der Waals surface area (Å²) in [5.74, 6) is 0.609. The van der Waals surface area contributed by atoms with Crippen LogP contribution in [0.25, 0.3) is 0 Å². The van der Waals surface area contributed by atoms with Crippen molar-refractivity contribution in [3.05, 3.63) is 22.8 Å². The number of nitriles is 1. The molecule has 0 spiro atoms. The van der Waals surface area contributed by atoms with Gasteiger partial charge in [0.05, 0.1) is 5.02 Å². The summed E-state index contributed by atoms with van der Waals surface area (Å²) in [6, 6.07) is 4.15. The number of pyridine rings is 1. The third-order valence-electron chi connectivity index (χ3n) is 1.93. The maximum atomic E-state index is 8.82. The van der Waals surface area contributed by atoms with Gasteiger partial charge in [-0.1, -0.05) is 11.6 Å². The lowest BCUT2D eigenvalue weighted by Crippen LogP contribution is -2.05. The first-order valence-electron chi connectivity index (χ1n) is 4.12. The molecule has 0 unspecified atom stereocenters. The molecule has 1 aliphatic rings. The summed E-state index contributed by atoms with van der Waals surface area (Å²) in [5.41, 5.74) is 0.441. The van der Waals surface area contributed by atoms with E-state index in [2.05, 4.69) is 10.3 Å². The van der Waals surface area contributed by atoms with Crippen molar-refractivity contribution in [2.24, 2.45) is 0 Å². The Labute approximate surface area is 81.4 Å². The van der Waals surface area contributed by atoms with Gasteiger partial charge in [-0.2, -0.15) is 5.26 Å². The maximum absolute atomic E-state index is 8.82. The van der Waals surface area contributed by atoms with Crippen LogP contribution in [0, 0.1) is 11.3 Å². The van der Waals surface area contributed by atoms with Crippen LogP contribution in [0.1, 0.15) is 18.4 Å². The number of nitrogens with one attached hydrogen (secondary N) is 1. The fourth-order valence-electron chi connectivity index (χ4n) is 1.08. The highest BCUT2D eigenvalue weighted by molar-refractivity contribution is 6.32. The fraction of sp³-hybridized carbons (Fsp3) is 0.333. The Kier molecular flexibility index (Phi) is 2.07. The van der Waals surface area contributed by atoms with Crippen molar-refractivity contribution in [2.75, 3.05) is 5.32 Å². The van der Waals surface area contributed by atoms with E-state index in [9.17, 15) is 0 Å². The zero-order valence-electron chi connectivity index (χ0n) is 6.92. The van der Waals surface area contributed by atoms with Gasteiger partial charge in [-0.25, -0.2) is 4.98 Å². The van der Waals surface area contributed by atoms with Crippen molar-refractivity contribution in [2.45, 2.75) is 18.9 Å². The number of rotatable bonds is 2. The van der Waals surface area contributed by atoms with E-state index in [1.165, 1.54) is 0 Å². The molecule has 66 valence electrons. The minimum atomic E-state index is 0.441. The molecule has 4 heteroatoms. The minimum absolute atomic E-state index is 0.441. The normalized spacial score (nSPS) is 15.1. The first kappa shape index (κ1) is 8.33. The summed E-state index contributed by atoms with van der Waals surface area (Å²) >= 11 is 5.83. The lowest BCUT2D eigenvalue weighted by Gasteiger charge is -2.05. The number of halogens is 1. The average Bonchev–Trinajstić information content (AvgIpc) is 2.89. The summed E-state index contributed by atoms with van der Waals surface area (Å²) in [6.07, 6.45) is 3.91. The predicted molar refractivity (Wildman–Crippen MR) is 50.6 cm³/mol. The Bertz CT molecular complexity index is 366. The van der Waals surface area contributed by atoms with Crippen LogP contribution in [0.2, 0.25) is 5.02 Å². The van der Waals surface area contributed by atoms with E-state index < -0.39 is 0 Å². The fourth-order valence-corrected chi connectivity index (χ4v) is 1.26. The lowest BCUT2D eigenvalue weighted by atomic mass is 10.3. The predicted octanol–water partition coefficient (Wildman–Crippen LogP) is 2.18. The molecule has 2 rings (SSSR count). The first-order valence-corrected chi connectivity index (χ1v) is 4.50. The van der Waals surface area contributed by atoms with Crippen molar-refractivity contribution >= 4 is 17.4 Å². The van der Waals surface area contributed by atoms with Gasteiger partial charge in [0.2, 0.25) is 0 Å². The van der Waals surface area contributed by atoms with Gasteiger partial charge in [-0.05, 0) is 18.9 Å². The Hall–Kier alpha value is -1.27. The Morgan fingerprint density at radius 3 is 3.00 bits per heavy atom. The topological polar surface area (TPSA) is 48.7 Å². The van der Waals surface area contributed by atoms with Gasteiger partial charge < -0.3 is 5.32 Å². The van der Waals surface area contributed by atoms with E-state index in [1.807, 2.05) is 6.07 Å². The van der Waals surface area contributed by atoms with Gasteiger partial charge in [0.1, 0.15) is 17.5 Å². The van der Waals surface area contributed by atoms with E-state index in [-0.39, 0.29) is 0 Å². The molecule has 0 radical (unpaired) electrons. The molecule has 1 aliphatic carbocycles. The van der Waals surface area contributed by atoms with Crippen molar-refractivity contribution in [3.8, 4) is 6.07 Å². The van der Waals surface area contributed by atoms with Crippen LogP contribution in [0.5, 0.6) is 0 Å². The largest absolute Gasteiger partial charge is 0.366 e. The second-order valence-corrected chi connectivity index (χ2v) is 3.45. The highest BCUT2D eigenvalue weighted by atomic mass is 35.5. The highest BCUT2D eigenvalue weighted by Crippen LogP contribution is 2.27. The Morgan fingerprint density at radius 2 is 2.38 bits per heavy atom. The van der Waals surface area contributed by atoms with Crippen LogP contribution < -0.4 is 5.32 Å². The summed E-state index contributed by atoms with van der Waals surface area (Å²) in [5, 5.41) is 12.4. The number of anilines is 1. The molecule has 0 atom stereocenters. The number of nitrogens with zero attached hydrogens (tertiary/aromatic N) is 2. The van der Waals surface area contributed by atoms with Crippen LogP contribution in [0.15, 0.2) is 12.3 Å². The molecule has 3 nitrogen and oxygen atoms in total. The zero-order chi connectivity index (χ0) is 9.26. The summed E-state index contributed by atoms with van der Waals surface area (Å²) in [4.78, 5) is 4.07. The van der Waals surface area contributed by atoms with E-state index in [1.54, 1.807) is 12.3 Å². The molecular weight excluding hydrogens is 186 g/mol. The average molecular weight is 194 g/mol. The van der Waals surface area contributed by atoms with Crippen LogP contribution in [-0.2, 0) is 0 Å². The highest BCUT2D eigenvalue weighted by Gasteiger charge is 2.22. The van der Waals surface area contributed by atoms with E-state index in [4.69, 9.17) is 16.9 Å². The van der Waals surface area contributed by atoms with Crippen LogP contribution in [0.4, 0.5) is 5.82 Å². The summed E-state index contributed by atoms with van der Waals surface area (Å²) in [7, 11) is 0. The quantitative estimate of drug-likeness (QED) is 0.783. The Morgan fingerprint density at radius 1 is 1.62 bits per heavy atom. The van der Waals surface area contributed by atoms with Crippen LogP contribution in [0.3, 0.4) is 0 Å². The van der Waals surface area contributed by atoms with Crippen LogP contribution in [-0.4, -0.2) is 11.0 Å². The molecule has 1 heterocycles. The molecule has 1 N–H and O–H groups in total. The molecule has 13 heavy (non-hydrogen) atoms. The first-order chi connectivity index (χ1) is 6.31.